The van der Waals surface area contributed by atoms with Gasteiger partial charge in [-0.1, -0.05) is 0 Å². The van der Waals surface area contributed by atoms with Crippen molar-refractivity contribution in [1.29, 1.82) is 0 Å². The quantitative estimate of drug-likeness (QED) is 0.670. The molecular weight excluding hydrogens is 176 g/mol. The Morgan fingerprint density at radius 1 is 1.43 bits per heavy atom. The molecule has 0 N–H and O–H groups in total. The lowest BCUT2D eigenvalue weighted by Crippen LogP contribution is -2.40. The highest BCUT2D eigenvalue weighted by Crippen LogP contribution is 2.19. The summed E-state index contributed by atoms with van der Waals surface area (Å²) >= 11 is 0. The molecule has 1 aliphatic heterocycles. The molecule has 1 aromatic heterocycles. The van der Waals surface area contributed by atoms with Crippen LogP contribution in [0.4, 0.5) is 0 Å². The number of nitrogens with zero attached hydrogens (tertiary/aromatic N) is 2. The molecular formula is C11H14N2O. The van der Waals surface area contributed by atoms with Gasteiger partial charge >= 0.3 is 0 Å². The summed E-state index contributed by atoms with van der Waals surface area (Å²) in [6, 6.07) is 2.21. The van der Waals surface area contributed by atoms with Crippen LogP contribution in [0.2, 0.25) is 0 Å². The molecule has 1 aromatic rings. The monoisotopic (exact) mass is 190 g/mol. The van der Waals surface area contributed by atoms with Crippen LogP contribution >= 0.6 is 0 Å². The first-order valence-electron chi connectivity index (χ1n) is 4.89. The van der Waals surface area contributed by atoms with Crippen LogP contribution in [0.3, 0.4) is 0 Å². The minimum absolute atomic E-state index is 0.221. The van der Waals surface area contributed by atoms with Crippen molar-refractivity contribution in [2.75, 3.05) is 0 Å². The van der Waals surface area contributed by atoms with Crippen molar-refractivity contribution in [3.63, 3.8) is 0 Å². The van der Waals surface area contributed by atoms with E-state index < -0.39 is 0 Å². The van der Waals surface area contributed by atoms with E-state index in [1.807, 2.05) is 31.0 Å². The van der Waals surface area contributed by atoms with Crippen molar-refractivity contribution >= 4 is 5.91 Å². The molecule has 0 bridgehead atoms. The predicted molar refractivity (Wildman–Crippen MR) is 53.6 cm³/mol. The first-order valence-corrected chi connectivity index (χ1v) is 4.89. The lowest BCUT2D eigenvalue weighted by atomic mass is 10.0. The van der Waals surface area contributed by atoms with E-state index in [9.17, 15) is 4.79 Å². The van der Waals surface area contributed by atoms with E-state index in [4.69, 9.17) is 0 Å². The standard InChI is InChI=1S/C11H14N2O/c1-8(2)13-7-10-6-12-4-3-9(10)5-11(13)14/h3-4,6,8H,5,7H2,1-2H3. The highest BCUT2D eigenvalue weighted by Gasteiger charge is 2.24. The van der Waals surface area contributed by atoms with Gasteiger partial charge in [0.1, 0.15) is 0 Å². The second-order valence-electron chi connectivity index (χ2n) is 3.94. The van der Waals surface area contributed by atoms with Gasteiger partial charge in [-0.15, -0.1) is 0 Å². The molecule has 3 nitrogen and oxygen atoms in total. The molecule has 14 heavy (non-hydrogen) atoms. The van der Waals surface area contributed by atoms with Crippen LogP contribution in [-0.4, -0.2) is 21.8 Å². The molecule has 0 spiro atoms. The molecule has 0 saturated carbocycles. The Hall–Kier alpha value is -1.38. The lowest BCUT2D eigenvalue weighted by Gasteiger charge is -2.31. The summed E-state index contributed by atoms with van der Waals surface area (Å²) in [7, 11) is 0. The summed E-state index contributed by atoms with van der Waals surface area (Å²) in [6.07, 6.45) is 4.13. The number of aromatic nitrogens is 1. The third-order valence-electron chi connectivity index (χ3n) is 2.63. The van der Waals surface area contributed by atoms with Crippen LogP contribution in [0.15, 0.2) is 18.5 Å². The van der Waals surface area contributed by atoms with Gasteiger partial charge in [0, 0.05) is 25.0 Å². The number of rotatable bonds is 1. The lowest BCUT2D eigenvalue weighted by molar-refractivity contribution is -0.133. The second kappa shape index (κ2) is 3.40. The molecule has 2 rings (SSSR count). The number of fused-ring (bicyclic) bond motifs is 1. The molecule has 1 amide bonds. The number of pyridine rings is 1. The smallest absolute Gasteiger partial charge is 0.227 e. The number of hydrogen-bond acceptors (Lipinski definition) is 2. The van der Waals surface area contributed by atoms with E-state index >= 15 is 0 Å². The van der Waals surface area contributed by atoms with Gasteiger partial charge in [0.15, 0.2) is 0 Å². The molecule has 0 unspecified atom stereocenters. The maximum absolute atomic E-state index is 11.7. The van der Waals surface area contributed by atoms with E-state index in [0.29, 0.717) is 13.0 Å². The number of hydrogen-bond donors (Lipinski definition) is 0. The van der Waals surface area contributed by atoms with Crippen molar-refractivity contribution < 1.29 is 4.79 Å². The van der Waals surface area contributed by atoms with E-state index in [0.717, 1.165) is 5.56 Å². The van der Waals surface area contributed by atoms with Gasteiger partial charge in [0.05, 0.1) is 6.42 Å². The fourth-order valence-corrected chi connectivity index (χ4v) is 1.78. The molecule has 1 aliphatic rings. The van der Waals surface area contributed by atoms with Crippen LogP contribution in [0, 0.1) is 0 Å². The molecule has 0 aliphatic carbocycles. The third kappa shape index (κ3) is 1.50. The van der Waals surface area contributed by atoms with Crippen molar-refractivity contribution in [1.82, 2.24) is 9.88 Å². The topological polar surface area (TPSA) is 33.2 Å². The van der Waals surface area contributed by atoms with Crippen LogP contribution in [0.25, 0.3) is 0 Å². The molecule has 3 heteroatoms. The Kier molecular flexibility index (Phi) is 2.23. The van der Waals surface area contributed by atoms with E-state index in [1.165, 1.54) is 5.56 Å². The van der Waals surface area contributed by atoms with Gasteiger partial charge in [-0.3, -0.25) is 9.78 Å². The molecule has 0 atom stereocenters. The van der Waals surface area contributed by atoms with Gasteiger partial charge in [-0.05, 0) is 31.0 Å². The summed E-state index contributed by atoms with van der Waals surface area (Å²) in [6.45, 7) is 4.79. The first-order chi connectivity index (χ1) is 6.68. The van der Waals surface area contributed by atoms with Gasteiger partial charge in [0.2, 0.25) is 5.91 Å². The molecule has 0 radical (unpaired) electrons. The molecule has 2 heterocycles. The van der Waals surface area contributed by atoms with Crippen molar-refractivity contribution in [3.8, 4) is 0 Å². The zero-order chi connectivity index (χ0) is 10.1. The zero-order valence-corrected chi connectivity index (χ0v) is 8.53. The second-order valence-corrected chi connectivity index (χ2v) is 3.94. The summed E-state index contributed by atoms with van der Waals surface area (Å²) in [5, 5.41) is 0. The van der Waals surface area contributed by atoms with Crippen molar-refractivity contribution in [2.24, 2.45) is 0 Å². The van der Waals surface area contributed by atoms with E-state index in [-0.39, 0.29) is 11.9 Å². The largest absolute Gasteiger partial charge is 0.336 e. The molecule has 74 valence electrons. The third-order valence-corrected chi connectivity index (χ3v) is 2.63. The zero-order valence-electron chi connectivity index (χ0n) is 8.53. The van der Waals surface area contributed by atoms with E-state index in [2.05, 4.69) is 4.98 Å². The normalized spacial score (nSPS) is 15.9. The van der Waals surface area contributed by atoms with E-state index in [1.54, 1.807) is 6.20 Å². The fourth-order valence-electron chi connectivity index (χ4n) is 1.78. The highest BCUT2D eigenvalue weighted by atomic mass is 16.2. The average molecular weight is 190 g/mol. The summed E-state index contributed by atoms with van der Waals surface area (Å²) < 4.78 is 0. The maximum Gasteiger partial charge on any atom is 0.227 e. The Bertz CT molecular complexity index is 360. The summed E-state index contributed by atoms with van der Waals surface area (Å²) in [5.41, 5.74) is 2.31. The number of amides is 1. The van der Waals surface area contributed by atoms with Gasteiger partial charge in [-0.2, -0.15) is 0 Å². The molecule has 0 saturated heterocycles. The maximum atomic E-state index is 11.7. The van der Waals surface area contributed by atoms with Crippen LogP contribution in [-0.2, 0) is 17.8 Å². The Morgan fingerprint density at radius 2 is 2.21 bits per heavy atom. The predicted octanol–water partition coefficient (Wildman–Crippen LogP) is 1.37. The number of carbonyl (C=O) groups is 1. The summed E-state index contributed by atoms with van der Waals surface area (Å²) in [5.74, 6) is 0.221. The number of carbonyl (C=O) groups excluding carboxylic acids is 1. The van der Waals surface area contributed by atoms with Crippen molar-refractivity contribution in [3.05, 3.63) is 29.6 Å². The Morgan fingerprint density at radius 3 is 2.93 bits per heavy atom. The first kappa shape index (κ1) is 9.19. The van der Waals surface area contributed by atoms with Crippen LogP contribution < -0.4 is 0 Å². The molecule has 0 aromatic carbocycles. The summed E-state index contributed by atoms with van der Waals surface area (Å²) in [4.78, 5) is 17.7. The average Bonchev–Trinajstić information content (AvgIpc) is 2.16. The van der Waals surface area contributed by atoms with Crippen molar-refractivity contribution in [2.45, 2.75) is 32.9 Å². The minimum Gasteiger partial charge on any atom is -0.336 e. The SMILES string of the molecule is CC(C)N1Cc2cnccc2CC1=O. The molecule has 0 fully saturated rings. The van der Waals surface area contributed by atoms with Crippen LogP contribution in [0.1, 0.15) is 25.0 Å². The van der Waals surface area contributed by atoms with Gasteiger partial charge < -0.3 is 4.90 Å². The Balaban J connectivity index is 2.31. The fraction of sp³-hybridized carbons (Fsp3) is 0.455. The Labute approximate surface area is 83.8 Å². The minimum atomic E-state index is 0.221. The van der Waals surface area contributed by atoms with Crippen LogP contribution in [0.5, 0.6) is 0 Å². The highest BCUT2D eigenvalue weighted by molar-refractivity contribution is 5.81. The van der Waals surface area contributed by atoms with Gasteiger partial charge in [0.25, 0.3) is 0 Å². The van der Waals surface area contributed by atoms with Gasteiger partial charge in [-0.25, -0.2) is 0 Å².